The number of sulfonamides is 1. The van der Waals surface area contributed by atoms with Crippen molar-refractivity contribution < 1.29 is 17.9 Å². The summed E-state index contributed by atoms with van der Waals surface area (Å²) in [5.41, 5.74) is 1.15. The summed E-state index contributed by atoms with van der Waals surface area (Å²) in [7, 11) is -2.09. The minimum atomic E-state index is -3.81. The summed E-state index contributed by atoms with van der Waals surface area (Å²) in [5.74, 6) is 0.349. The van der Waals surface area contributed by atoms with Crippen molar-refractivity contribution in [2.24, 2.45) is 7.05 Å². The monoisotopic (exact) mass is 336 g/mol. The van der Waals surface area contributed by atoms with Gasteiger partial charge < -0.3 is 10.1 Å². The summed E-state index contributed by atoms with van der Waals surface area (Å²) < 4.78 is 34.3. The molecule has 3 rings (SSSR count). The van der Waals surface area contributed by atoms with E-state index in [2.05, 4.69) is 15.1 Å². The van der Waals surface area contributed by atoms with Gasteiger partial charge in [-0.25, -0.2) is 8.42 Å². The van der Waals surface area contributed by atoms with Crippen LogP contribution in [0.3, 0.4) is 0 Å². The first-order valence-electron chi connectivity index (χ1n) is 6.91. The van der Waals surface area contributed by atoms with E-state index in [9.17, 15) is 13.2 Å². The molecule has 2 heterocycles. The lowest BCUT2D eigenvalue weighted by molar-refractivity contribution is -0.122. The predicted molar refractivity (Wildman–Crippen MR) is 83.9 cm³/mol. The third kappa shape index (κ3) is 2.87. The van der Waals surface area contributed by atoms with Crippen molar-refractivity contribution in [3.63, 3.8) is 0 Å². The van der Waals surface area contributed by atoms with Crippen LogP contribution in [0.1, 0.15) is 12.6 Å². The molecule has 1 aliphatic rings. The van der Waals surface area contributed by atoms with Crippen molar-refractivity contribution in [2.75, 3.05) is 10.0 Å². The Morgan fingerprint density at radius 2 is 2.09 bits per heavy atom. The number of hydrogen-bond acceptors (Lipinski definition) is 5. The molecule has 23 heavy (non-hydrogen) atoms. The Bertz CT molecular complexity index is 869. The van der Waals surface area contributed by atoms with Gasteiger partial charge in [0.05, 0.1) is 10.6 Å². The summed E-state index contributed by atoms with van der Waals surface area (Å²) in [5, 5.41) is 6.69. The number of fused-ring (bicyclic) bond motifs is 1. The Hall–Kier alpha value is -2.55. The minimum Gasteiger partial charge on any atom is -0.479 e. The van der Waals surface area contributed by atoms with Crippen molar-refractivity contribution >= 4 is 27.4 Å². The number of benzene rings is 1. The van der Waals surface area contributed by atoms with Crippen molar-refractivity contribution in [3.8, 4) is 5.75 Å². The second-order valence-electron chi connectivity index (χ2n) is 5.31. The van der Waals surface area contributed by atoms with Gasteiger partial charge in [-0.2, -0.15) is 5.10 Å². The number of rotatable bonds is 3. The number of nitrogens with zero attached hydrogens (tertiary/aromatic N) is 2. The van der Waals surface area contributed by atoms with E-state index in [-0.39, 0.29) is 16.6 Å². The van der Waals surface area contributed by atoms with E-state index in [1.54, 1.807) is 24.7 Å². The molecule has 0 unspecified atom stereocenters. The minimum absolute atomic E-state index is 0.0120. The van der Waals surface area contributed by atoms with Gasteiger partial charge in [0.1, 0.15) is 5.75 Å². The lowest BCUT2D eigenvalue weighted by Crippen LogP contribution is -2.34. The highest BCUT2D eigenvalue weighted by Crippen LogP contribution is 2.32. The van der Waals surface area contributed by atoms with Crippen LogP contribution in [0.5, 0.6) is 5.75 Å². The second kappa shape index (κ2) is 5.27. The molecule has 1 aliphatic heterocycles. The van der Waals surface area contributed by atoms with Gasteiger partial charge in [-0.15, -0.1) is 0 Å². The summed E-state index contributed by atoms with van der Waals surface area (Å²) in [4.78, 5) is 11.6. The summed E-state index contributed by atoms with van der Waals surface area (Å²) in [6.07, 6.45) is -0.612. The van der Waals surface area contributed by atoms with E-state index in [1.807, 2.05) is 6.92 Å². The van der Waals surface area contributed by atoms with Crippen molar-refractivity contribution in [2.45, 2.75) is 24.8 Å². The van der Waals surface area contributed by atoms with E-state index in [0.717, 1.165) is 5.69 Å². The average Bonchev–Trinajstić information content (AvgIpc) is 2.77. The van der Waals surface area contributed by atoms with E-state index >= 15 is 0 Å². The predicted octanol–water partition coefficient (Wildman–Crippen LogP) is 1.25. The lowest BCUT2D eigenvalue weighted by atomic mass is 10.2. The van der Waals surface area contributed by atoms with E-state index in [1.165, 1.54) is 18.2 Å². The molecule has 122 valence electrons. The zero-order chi connectivity index (χ0) is 16.8. The molecule has 9 heteroatoms. The zero-order valence-corrected chi connectivity index (χ0v) is 13.6. The third-order valence-electron chi connectivity index (χ3n) is 3.54. The summed E-state index contributed by atoms with van der Waals surface area (Å²) >= 11 is 0. The summed E-state index contributed by atoms with van der Waals surface area (Å²) in [6.45, 7) is 3.44. The third-order valence-corrected chi connectivity index (χ3v) is 4.90. The first kappa shape index (κ1) is 15.3. The number of aryl methyl sites for hydroxylation is 2. The molecular weight excluding hydrogens is 320 g/mol. The van der Waals surface area contributed by atoms with Gasteiger partial charge in [0.15, 0.2) is 11.9 Å². The van der Waals surface area contributed by atoms with Crippen LogP contribution in [0.4, 0.5) is 11.5 Å². The smallest absolute Gasteiger partial charge is 0.265 e. The van der Waals surface area contributed by atoms with Crippen LogP contribution in [-0.2, 0) is 21.9 Å². The number of amides is 1. The number of anilines is 2. The maximum Gasteiger partial charge on any atom is 0.265 e. The van der Waals surface area contributed by atoms with E-state index < -0.39 is 16.1 Å². The number of ether oxygens (including phenoxy) is 1. The molecule has 2 N–H and O–H groups in total. The Morgan fingerprint density at radius 3 is 2.74 bits per heavy atom. The van der Waals surface area contributed by atoms with Crippen LogP contribution in [0.25, 0.3) is 0 Å². The molecular formula is C14H16N4O4S. The van der Waals surface area contributed by atoms with Gasteiger partial charge >= 0.3 is 0 Å². The van der Waals surface area contributed by atoms with E-state index in [4.69, 9.17) is 4.74 Å². The van der Waals surface area contributed by atoms with Crippen molar-refractivity contribution in [1.29, 1.82) is 0 Å². The molecule has 0 fully saturated rings. The van der Waals surface area contributed by atoms with Gasteiger partial charge in [0.25, 0.3) is 15.9 Å². The zero-order valence-electron chi connectivity index (χ0n) is 12.8. The van der Waals surface area contributed by atoms with Gasteiger partial charge in [-0.05, 0) is 32.0 Å². The van der Waals surface area contributed by atoms with Gasteiger partial charge in [0, 0.05) is 18.8 Å². The Labute approximate surface area is 133 Å². The number of carbonyl (C=O) groups excluding carboxylic acids is 1. The molecule has 0 bridgehead atoms. The van der Waals surface area contributed by atoms with Crippen LogP contribution < -0.4 is 14.8 Å². The second-order valence-corrected chi connectivity index (χ2v) is 6.99. The quantitative estimate of drug-likeness (QED) is 0.878. The lowest BCUT2D eigenvalue weighted by Gasteiger charge is -2.23. The fourth-order valence-electron chi connectivity index (χ4n) is 2.16. The molecule has 0 aliphatic carbocycles. The molecule has 8 nitrogen and oxygen atoms in total. The van der Waals surface area contributed by atoms with E-state index in [0.29, 0.717) is 11.4 Å². The maximum absolute atomic E-state index is 12.4. The number of hydrogen-bond donors (Lipinski definition) is 2. The first-order valence-corrected chi connectivity index (χ1v) is 8.39. The van der Waals surface area contributed by atoms with Crippen LogP contribution in [-0.4, -0.2) is 30.2 Å². The Morgan fingerprint density at radius 1 is 1.35 bits per heavy atom. The summed E-state index contributed by atoms with van der Waals surface area (Å²) in [6, 6.07) is 5.92. The van der Waals surface area contributed by atoms with Crippen LogP contribution in [0, 0.1) is 6.92 Å². The molecule has 1 atom stereocenters. The molecule has 1 amide bonds. The molecule has 0 saturated heterocycles. The molecule has 0 radical (unpaired) electrons. The van der Waals surface area contributed by atoms with Gasteiger partial charge in [-0.1, -0.05) is 0 Å². The number of nitrogens with one attached hydrogen (secondary N) is 2. The standard InChI is InChI=1S/C14H16N4O4S/c1-8-6-13(16-18(8)3)17-23(20,21)10-4-5-12-11(7-10)15-14(19)9(2)22-12/h4-7,9H,1-3H3,(H,15,19)(H,16,17)/t9-/m1/s1. The van der Waals surface area contributed by atoms with Crippen LogP contribution >= 0.6 is 0 Å². The first-order chi connectivity index (χ1) is 10.8. The molecule has 2 aromatic rings. The van der Waals surface area contributed by atoms with Gasteiger partial charge in [-0.3, -0.25) is 14.2 Å². The number of carbonyl (C=O) groups is 1. The topological polar surface area (TPSA) is 102 Å². The largest absolute Gasteiger partial charge is 0.479 e. The highest BCUT2D eigenvalue weighted by molar-refractivity contribution is 7.92. The van der Waals surface area contributed by atoms with Gasteiger partial charge in [0.2, 0.25) is 0 Å². The average molecular weight is 336 g/mol. The Balaban J connectivity index is 1.91. The van der Waals surface area contributed by atoms with Crippen molar-refractivity contribution in [1.82, 2.24) is 9.78 Å². The fraction of sp³-hybridized carbons (Fsp3) is 0.286. The van der Waals surface area contributed by atoms with Crippen molar-refractivity contribution in [3.05, 3.63) is 30.0 Å². The Kier molecular flexibility index (Phi) is 3.52. The van der Waals surface area contributed by atoms with Crippen LogP contribution in [0.2, 0.25) is 0 Å². The highest BCUT2D eigenvalue weighted by atomic mass is 32.2. The highest BCUT2D eigenvalue weighted by Gasteiger charge is 2.26. The number of aromatic nitrogens is 2. The molecule has 0 spiro atoms. The maximum atomic E-state index is 12.4. The molecule has 0 saturated carbocycles. The molecule has 1 aromatic heterocycles. The fourth-order valence-corrected chi connectivity index (χ4v) is 3.18. The van der Waals surface area contributed by atoms with Crippen LogP contribution in [0.15, 0.2) is 29.2 Å². The normalized spacial score (nSPS) is 17.2. The SMILES string of the molecule is Cc1cc(NS(=O)(=O)c2ccc3c(c2)NC(=O)[C@@H](C)O3)nn1C. The molecule has 1 aromatic carbocycles.